The van der Waals surface area contributed by atoms with Crippen LogP contribution >= 0.6 is 0 Å². The first kappa shape index (κ1) is 12.4. The number of benzene rings is 1. The van der Waals surface area contributed by atoms with Crippen LogP contribution in [0.15, 0.2) is 30.3 Å². The van der Waals surface area contributed by atoms with Crippen LogP contribution in [0, 0.1) is 0 Å². The third-order valence-corrected chi connectivity index (χ3v) is 2.02. The average Bonchev–Trinajstić information content (AvgIpc) is 2.34. The largest absolute Gasteiger partial charge is 0.460 e. The molecule has 16 heavy (non-hydrogen) atoms. The van der Waals surface area contributed by atoms with Crippen molar-refractivity contribution in [3.63, 3.8) is 0 Å². The fourth-order valence-electron chi connectivity index (χ4n) is 1.08. The highest BCUT2D eigenvalue weighted by Crippen LogP contribution is 2.00. The van der Waals surface area contributed by atoms with Crippen LogP contribution in [0.3, 0.4) is 0 Å². The van der Waals surface area contributed by atoms with Crippen molar-refractivity contribution in [3.8, 4) is 0 Å². The molecule has 1 N–H and O–H groups in total. The molecular formula is C12H15NO3. The van der Waals surface area contributed by atoms with Crippen LogP contribution in [-0.2, 0) is 20.9 Å². The van der Waals surface area contributed by atoms with E-state index in [4.69, 9.17) is 4.74 Å². The highest BCUT2D eigenvalue weighted by molar-refractivity contribution is 5.72. The van der Waals surface area contributed by atoms with Gasteiger partial charge in [-0.25, -0.2) is 0 Å². The number of carbonyl (C=O) groups excluding carboxylic acids is 2. The molecule has 0 aliphatic heterocycles. The number of ether oxygens (including phenoxy) is 1. The van der Waals surface area contributed by atoms with Crippen molar-refractivity contribution in [2.75, 3.05) is 6.54 Å². The predicted molar refractivity (Wildman–Crippen MR) is 59.8 cm³/mol. The number of carbonyl (C=O) groups is 2. The first-order valence-electron chi connectivity index (χ1n) is 5.10. The highest BCUT2D eigenvalue weighted by Gasteiger charge is 2.05. The highest BCUT2D eigenvalue weighted by atomic mass is 16.5. The second-order valence-corrected chi connectivity index (χ2v) is 3.45. The zero-order valence-electron chi connectivity index (χ0n) is 9.18. The van der Waals surface area contributed by atoms with Crippen molar-refractivity contribution in [1.82, 2.24) is 5.32 Å². The molecule has 1 aromatic rings. The Morgan fingerprint density at radius 1 is 1.44 bits per heavy atom. The van der Waals surface area contributed by atoms with E-state index in [1.807, 2.05) is 30.3 Å². The molecule has 1 unspecified atom stereocenters. The van der Waals surface area contributed by atoms with Gasteiger partial charge in [0.1, 0.15) is 12.9 Å². The summed E-state index contributed by atoms with van der Waals surface area (Å²) < 4.78 is 5.01. The molecule has 0 radical (unpaired) electrons. The lowest BCUT2D eigenvalue weighted by atomic mass is 10.2. The van der Waals surface area contributed by atoms with E-state index in [9.17, 15) is 9.59 Å². The lowest BCUT2D eigenvalue weighted by Crippen LogP contribution is -2.33. The van der Waals surface area contributed by atoms with E-state index < -0.39 is 0 Å². The maximum atomic E-state index is 11.2. The van der Waals surface area contributed by atoms with Crippen molar-refractivity contribution in [2.45, 2.75) is 19.6 Å². The fraction of sp³-hybridized carbons (Fsp3) is 0.333. The van der Waals surface area contributed by atoms with Crippen LogP contribution in [0.2, 0.25) is 0 Å². The minimum atomic E-state index is -0.363. The van der Waals surface area contributed by atoms with Crippen molar-refractivity contribution >= 4 is 12.3 Å². The standard InChI is InChI=1S/C12H15NO3/c1-10(8-14)13-7-12(15)16-9-11-5-3-2-4-6-11/h2-6,8,10,13H,7,9H2,1H3. The lowest BCUT2D eigenvalue weighted by Gasteiger charge is -2.07. The Hall–Kier alpha value is -1.68. The van der Waals surface area contributed by atoms with Crippen molar-refractivity contribution in [1.29, 1.82) is 0 Å². The Kier molecular flexibility index (Phi) is 5.22. The van der Waals surface area contributed by atoms with Crippen LogP contribution in [0.25, 0.3) is 0 Å². The van der Waals surface area contributed by atoms with Gasteiger partial charge in [0.25, 0.3) is 0 Å². The van der Waals surface area contributed by atoms with E-state index >= 15 is 0 Å². The summed E-state index contributed by atoms with van der Waals surface area (Å²) in [5, 5.41) is 2.73. The van der Waals surface area contributed by atoms with Crippen LogP contribution < -0.4 is 5.32 Å². The van der Waals surface area contributed by atoms with Gasteiger partial charge in [0.2, 0.25) is 0 Å². The molecule has 1 rings (SSSR count). The van der Waals surface area contributed by atoms with E-state index in [1.165, 1.54) is 0 Å². The second-order valence-electron chi connectivity index (χ2n) is 3.45. The van der Waals surface area contributed by atoms with Gasteiger partial charge in [-0.3, -0.25) is 10.1 Å². The van der Waals surface area contributed by atoms with Gasteiger partial charge in [0, 0.05) is 0 Å². The monoisotopic (exact) mass is 221 g/mol. The summed E-state index contributed by atoms with van der Waals surface area (Å²) in [6.45, 7) is 1.99. The molecular weight excluding hydrogens is 206 g/mol. The first-order valence-corrected chi connectivity index (χ1v) is 5.10. The number of esters is 1. The van der Waals surface area contributed by atoms with Crippen molar-refractivity contribution in [2.24, 2.45) is 0 Å². The molecule has 1 atom stereocenters. The Labute approximate surface area is 94.6 Å². The molecule has 4 heteroatoms. The second kappa shape index (κ2) is 6.74. The van der Waals surface area contributed by atoms with Gasteiger partial charge in [0.05, 0.1) is 12.6 Å². The maximum Gasteiger partial charge on any atom is 0.320 e. The van der Waals surface area contributed by atoms with Gasteiger partial charge in [-0.15, -0.1) is 0 Å². The minimum Gasteiger partial charge on any atom is -0.460 e. The van der Waals surface area contributed by atoms with Gasteiger partial charge in [0.15, 0.2) is 0 Å². The summed E-state index contributed by atoms with van der Waals surface area (Å²) in [5.74, 6) is -0.363. The van der Waals surface area contributed by atoms with Crippen LogP contribution in [-0.4, -0.2) is 24.8 Å². The third-order valence-electron chi connectivity index (χ3n) is 2.02. The van der Waals surface area contributed by atoms with Crippen molar-refractivity contribution in [3.05, 3.63) is 35.9 Å². The molecule has 0 fully saturated rings. The summed E-state index contributed by atoms with van der Waals surface area (Å²) in [6.07, 6.45) is 0.741. The number of hydrogen-bond acceptors (Lipinski definition) is 4. The van der Waals surface area contributed by atoms with Gasteiger partial charge in [-0.05, 0) is 12.5 Å². The topological polar surface area (TPSA) is 55.4 Å². The lowest BCUT2D eigenvalue weighted by molar-refractivity contribution is -0.143. The molecule has 0 aliphatic carbocycles. The van der Waals surface area contributed by atoms with E-state index in [-0.39, 0.29) is 25.2 Å². The molecule has 0 aromatic heterocycles. The molecule has 4 nitrogen and oxygen atoms in total. The predicted octanol–water partition coefficient (Wildman–Crippen LogP) is 0.907. The molecule has 0 saturated carbocycles. The Bertz CT molecular complexity index is 337. The molecule has 0 heterocycles. The third kappa shape index (κ3) is 4.70. The van der Waals surface area contributed by atoms with Gasteiger partial charge < -0.3 is 9.53 Å². The normalized spacial score (nSPS) is 11.8. The average molecular weight is 221 g/mol. The molecule has 0 saturated heterocycles. The summed E-state index contributed by atoms with van der Waals surface area (Å²) in [7, 11) is 0. The number of hydrogen-bond donors (Lipinski definition) is 1. The van der Waals surface area contributed by atoms with Crippen LogP contribution in [0.4, 0.5) is 0 Å². The molecule has 0 spiro atoms. The van der Waals surface area contributed by atoms with Gasteiger partial charge >= 0.3 is 5.97 Å². The summed E-state index contributed by atoms with van der Waals surface area (Å²) in [5.41, 5.74) is 0.944. The van der Waals surface area contributed by atoms with E-state index in [0.29, 0.717) is 0 Å². The van der Waals surface area contributed by atoms with E-state index in [0.717, 1.165) is 11.8 Å². The molecule has 0 bridgehead atoms. The fourth-order valence-corrected chi connectivity index (χ4v) is 1.08. The maximum absolute atomic E-state index is 11.2. The Morgan fingerprint density at radius 2 is 2.12 bits per heavy atom. The molecule has 1 aromatic carbocycles. The quantitative estimate of drug-likeness (QED) is 0.573. The molecule has 0 aliphatic rings. The summed E-state index contributed by atoms with van der Waals surface area (Å²) in [6, 6.07) is 9.11. The zero-order valence-corrected chi connectivity index (χ0v) is 9.18. The summed E-state index contributed by atoms with van der Waals surface area (Å²) in [4.78, 5) is 21.5. The smallest absolute Gasteiger partial charge is 0.320 e. The molecule has 0 amide bonds. The van der Waals surface area contributed by atoms with Gasteiger partial charge in [-0.2, -0.15) is 0 Å². The zero-order chi connectivity index (χ0) is 11.8. The Morgan fingerprint density at radius 3 is 2.75 bits per heavy atom. The number of nitrogens with one attached hydrogen (secondary N) is 1. The molecule has 86 valence electrons. The van der Waals surface area contributed by atoms with Gasteiger partial charge in [-0.1, -0.05) is 30.3 Å². The van der Waals surface area contributed by atoms with Crippen LogP contribution in [0.5, 0.6) is 0 Å². The number of rotatable bonds is 6. The van der Waals surface area contributed by atoms with E-state index in [1.54, 1.807) is 6.92 Å². The summed E-state index contributed by atoms with van der Waals surface area (Å²) >= 11 is 0. The van der Waals surface area contributed by atoms with Crippen LogP contribution in [0.1, 0.15) is 12.5 Å². The number of aldehydes is 1. The SMILES string of the molecule is CC(C=O)NCC(=O)OCc1ccccc1. The first-order chi connectivity index (χ1) is 7.72. The van der Waals surface area contributed by atoms with Crippen molar-refractivity contribution < 1.29 is 14.3 Å². The Balaban J connectivity index is 2.23. The van der Waals surface area contributed by atoms with E-state index in [2.05, 4.69) is 5.32 Å². The minimum absolute atomic E-state index is 0.0484.